The highest BCUT2D eigenvalue weighted by Gasteiger charge is 2.10. The van der Waals surface area contributed by atoms with E-state index in [4.69, 9.17) is 5.73 Å². The smallest absolute Gasteiger partial charge is 0.139 e. The Hall–Kier alpha value is -1.81. The van der Waals surface area contributed by atoms with Crippen LogP contribution in [-0.4, -0.2) is 9.97 Å². The molecule has 0 aliphatic carbocycles. The molecule has 1 aromatic heterocycles. The summed E-state index contributed by atoms with van der Waals surface area (Å²) in [7, 11) is 0. The summed E-state index contributed by atoms with van der Waals surface area (Å²) in [4.78, 5) is 7.97. The van der Waals surface area contributed by atoms with Gasteiger partial charge >= 0.3 is 0 Å². The summed E-state index contributed by atoms with van der Waals surface area (Å²) < 4.78 is 0.980. The molecule has 0 aliphatic heterocycles. The van der Waals surface area contributed by atoms with Crippen LogP contribution in [0.25, 0.3) is 22.4 Å². The molecule has 0 atom stereocenters. The van der Waals surface area contributed by atoms with E-state index >= 15 is 0 Å². The van der Waals surface area contributed by atoms with Crippen molar-refractivity contribution in [2.75, 3.05) is 5.73 Å². The number of aromatic amines is 1. The fraction of sp³-hybridized carbons (Fsp3) is 0.0714. The molecule has 90 valence electrons. The van der Waals surface area contributed by atoms with Crippen molar-refractivity contribution >= 4 is 32.7 Å². The Kier molecular flexibility index (Phi) is 2.59. The molecule has 0 saturated carbocycles. The van der Waals surface area contributed by atoms with E-state index in [9.17, 15) is 0 Å². The van der Waals surface area contributed by atoms with Crippen molar-refractivity contribution in [2.45, 2.75) is 6.92 Å². The number of rotatable bonds is 1. The number of nitrogen functional groups attached to an aromatic ring is 1. The minimum atomic E-state index is 0.727. The van der Waals surface area contributed by atoms with Gasteiger partial charge < -0.3 is 10.7 Å². The molecule has 0 fully saturated rings. The lowest BCUT2D eigenvalue weighted by Gasteiger charge is -2.01. The summed E-state index contributed by atoms with van der Waals surface area (Å²) in [5.74, 6) is 0.832. The van der Waals surface area contributed by atoms with Crippen LogP contribution in [-0.2, 0) is 0 Å². The third-order valence-electron chi connectivity index (χ3n) is 2.96. The molecule has 3 N–H and O–H groups in total. The molecule has 0 unspecified atom stereocenters. The first-order valence-corrected chi connectivity index (χ1v) is 6.45. The van der Waals surface area contributed by atoms with Gasteiger partial charge in [0.15, 0.2) is 0 Å². The van der Waals surface area contributed by atoms with Crippen molar-refractivity contribution in [3.63, 3.8) is 0 Å². The van der Waals surface area contributed by atoms with Crippen LogP contribution < -0.4 is 5.73 Å². The van der Waals surface area contributed by atoms with Gasteiger partial charge in [-0.05, 0) is 36.8 Å². The number of aromatic nitrogens is 2. The first kappa shape index (κ1) is 11.3. The van der Waals surface area contributed by atoms with E-state index in [2.05, 4.69) is 38.9 Å². The highest BCUT2D eigenvalue weighted by Crippen LogP contribution is 2.30. The van der Waals surface area contributed by atoms with Crippen LogP contribution in [0.5, 0.6) is 0 Å². The van der Waals surface area contributed by atoms with Crippen LogP contribution in [0.3, 0.4) is 0 Å². The second kappa shape index (κ2) is 4.14. The minimum absolute atomic E-state index is 0.727. The number of nitrogens with zero attached hydrogens (tertiary/aromatic N) is 1. The minimum Gasteiger partial charge on any atom is -0.399 e. The zero-order valence-corrected chi connectivity index (χ0v) is 11.5. The molecule has 18 heavy (non-hydrogen) atoms. The lowest BCUT2D eigenvalue weighted by atomic mass is 10.2. The standard InChI is InChI=1S/C14H12BrN3/c1-8-3-2-4-12-13(8)18-14(17-12)10-7-9(16)5-6-11(10)15/h2-7H,16H2,1H3,(H,17,18). The zero-order valence-electron chi connectivity index (χ0n) is 9.87. The largest absolute Gasteiger partial charge is 0.399 e. The SMILES string of the molecule is Cc1cccc2[nH]c(-c3cc(N)ccc3Br)nc12. The van der Waals surface area contributed by atoms with Crippen molar-refractivity contribution in [3.8, 4) is 11.4 Å². The Bertz CT molecular complexity index is 731. The first-order valence-electron chi connectivity index (χ1n) is 5.66. The lowest BCUT2D eigenvalue weighted by molar-refractivity contribution is 1.32. The van der Waals surface area contributed by atoms with Gasteiger partial charge in [0.05, 0.1) is 11.0 Å². The Balaban J connectivity index is 2.26. The fourth-order valence-corrected chi connectivity index (χ4v) is 2.46. The molecular weight excluding hydrogens is 290 g/mol. The number of para-hydroxylation sites is 1. The van der Waals surface area contributed by atoms with Gasteiger partial charge in [-0.2, -0.15) is 0 Å². The number of anilines is 1. The summed E-state index contributed by atoms with van der Waals surface area (Å²) >= 11 is 3.53. The number of nitrogens with one attached hydrogen (secondary N) is 1. The number of fused-ring (bicyclic) bond motifs is 1. The molecule has 0 aliphatic rings. The Morgan fingerprint density at radius 2 is 2.06 bits per heavy atom. The predicted octanol–water partition coefficient (Wildman–Crippen LogP) is 3.88. The van der Waals surface area contributed by atoms with E-state index in [1.54, 1.807) is 0 Å². The van der Waals surface area contributed by atoms with Crippen LogP contribution in [0, 0.1) is 6.92 Å². The van der Waals surface area contributed by atoms with Crippen molar-refractivity contribution < 1.29 is 0 Å². The van der Waals surface area contributed by atoms with Crippen molar-refractivity contribution in [3.05, 3.63) is 46.4 Å². The maximum absolute atomic E-state index is 5.83. The van der Waals surface area contributed by atoms with Crippen LogP contribution >= 0.6 is 15.9 Å². The predicted molar refractivity (Wildman–Crippen MR) is 78.4 cm³/mol. The van der Waals surface area contributed by atoms with Gasteiger partial charge in [0.1, 0.15) is 5.82 Å². The van der Waals surface area contributed by atoms with E-state index in [1.165, 1.54) is 0 Å². The monoisotopic (exact) mass is 301 g/mol. The average Bonchev–Trinajstić information content (AvgIpc) is 2.77. The number of hydrogen-bond acceptors (Lipinski definition) is 2. The van der Waals surface area contributed by atoms with Gasteiger partial charge in [-0.1, -0.05) is 28.1 Å². The zero-order chi connectivity index (χ0) is 12.7. The maximum Gasteiger partial charge on any atom is 0.139 e. The number of hydrogen-bond donors (Lipinski definition) is 2. The molecule has 0 radical (unpaired) electrons. The van der Waals surface area contributed by atoms with Crippen LogP contribution in [0.2, 0.25) is 0 Å². The molecule has 3 aromatic rings. The van der Waals surface area contributed by atoms with Gasteiger partial charge in [-0.15, -0.1) is 0 Å². The summed E-state index contributed by atoms with van der Waals surface area (Å²) in [6.45, 7) is 2.06. The molecule has 0 spiro atoms. The molecule has 4 heteroatoms. The van der Waals surface area contributed by atoms with Gasteiger partial charge in [0.2, 0.25) is 0 Å². The second-order valence-electron chi connectivity index (χ2n) is 4.30. The van der Waals surface area contributed by atoms with Crippen molar-refractivity contribution in [1.29, 1.82) is 0 Å². The van der Waals surface area contributed by atoms with Crippen molar-refractivity contribution in [2.24, 2.45) is 0 Å². The number of nitrogens with two attached hydrogens (primary N) is 1. The summed E-state index contributed by atoms with van der Waals surface area (Å²) in [5, 5.41) is 0. The molecule has 3 rings (SSSR count). The molecule has 0 saturated heterocycles. The first-order chi connectivity index (χ1) is 8.65. The fourth-order valence-electron chi connectivity index (χ4n) is 2.03. The van der Waals surface area contributed by atoms with E-state index in [-0.39, 0.29) is 0 Å². The van der Waals surface area contributed by atoms with Gasteiger partial charge in [0.25, 0.3) is 0 Å². The third kappa shape index (κ3) is 1.78. The summed E-state index contributed by atoms with van der Waals surface area (Å²) in [5.41, 5.74) is 10.7. The topological polar surface area (TPSA) is 54.7 Å². The Morgan fingerprint density at radius 1 is 1.22 bits per heavy atom. The molecule has 1 heterocycles. The summed E-state index contributed by atoms with van der Waals surface area (Å²) in [6.07, 6.45) is 0. The van der Waals surface area contributed by atoms with E-state index < -0.39 is 0 Å². The molecular formula is C14H12BrN3. The number of H-pyrrole nitrogens is 1. The average molecular weight is 302 g/mol. The summed E-state index contributed by atoms with van der Waals surface area (Å²) in [6, 6.07) is 11.8. The van der Waals surface area contributed by atoms with E-state index in [1.807, 2.05) is 30.3 Å². The molecule has 2 aromatic carbocycles. The van der Waals surface area contributed by atoms with Crippen LogP contribution in [0.4, 0.5) is 5.69 Å². The quantitative estimate of drug-likeness (QED) is 0.670. The number of halogens is 1. The number of aryl methyl sites for hydroxylation is 1. The highest BCUT2D eigenvalue weighted by molar-refractivity contribution is 9.10. The Labute approximate surface area is 113 Å². The number of imidazole rings is 1. The van der Waals surface area contributed by atoms with E-state index in [0.717, 1.165) is 38.1 Å². The third-order valence-corrected chi connectivity index (χ3v) is 3.65. The lowest BCUT2D eigenvalue weighted by Crippen LogP contribution is -1.88. The second-order valence-corrected chi connectivity index (χ2v) is 5.15. The molecule has 3 nitrogen and oxygen atoms in total. The van der Waals surface area contributed by atoms with E-state index in [0.29, 0.717) is 0 Å². The van der Waals surface area contributed by atoms with Gasteiger partial charge in [0, 0.05) is 15.7 Å². The normalized spacial score (nSPS) is 11.0. The van der Waals surface area contributed by atoms with Crippen LogP contribution in [0.15, 0.2) is 40.9 Å². The van der Waals surface area contributed by atoms with Crippen LogP contribution in [0.1, 0.15) is 5.56 Å². The van der Waals surface area contributed by atoms with Gasteiger partial charge in [-0.25, -0.2) is 4.98 Å². The highest BCUT2D eigenvalue weighted by atomic mass is 79.9. The molecule has 0 amide bonds. The van der Waals surface area contributed by atoms with Gasteiger partial charge in [-0.3, -0.25) is 0 Å². The Morgan fingerprint density at radius 3 is 2.83 bits per heavy atom. The van der Waals surface area contributed by atoms with Crippen molar-refractivity contribution in [1.82, 2.24) is 9.97 Å². The maximum atomic E-state index is 5.83. The number of benzene rings is 2. The molecule has 0 bridgehead atoms.